The van der Waals surface area contributed by atoms with Gasteiger partial charge in [-0.05, 0) is 24.6 Å². The number of hydrogen-bond donors (Lipinski definition) is 2. The molecule has 0 radical (unpaired) electrons. The Kier molecular flexibility index (Phi) is 4.45. The van der Waals surface area contributed by atoms with Gasteiger partial charge in [-0.1, -0.05) is 6.07 Å². The fourth-order valence-corrected chi connectivity index (χ4v) is 3.24. The van der Waals surface area contributed by atoms with E-state index in [1.165, 1.54) is 6.26 Å². The minimum absolute atomic E-state index is 0.111. The van der Waals surface area contributed by atoms with E-state index in [4.69, 9.17) is 4.42 Å². The number of hydrogen-bond acceptors (Lipinski definition) is 5. The maximum absolute atomic E-state index is 12.5. The van der Waals surface area contributed by atoms with Crippen LogP contribution in [0.25, 0.3) is 0 Å². The molecule has 0 spiro atoms. The van der Waals surface area contributed by atoms with Crippen molar-refractivity contribution in [1.29, 1.82) is 0 Å². The summed E-state index contributed by atoms with van der Waals surface area (Å²) in [5.74, 6) is 0.219. The minimum atomic E-state index is -0.183. The van der Waals surface area contributed by atoms with Crippen LogP contribution in [0.5, 0.6) is 0 Å². The summed E-state index contributed by atoms with van der Waals surface area (Å²) in [6.45, 7) is 2.68. The molecule has 4 rings (SSSR count). The van der Waals surface area contributed by atoms with E-state index in [-0.39, 0.29) is 17.9 Å². The summed E-state index contributed by atoms with van der Waals surface area (Å²) in [5.41, 5.74) is 2.81. The Morgan fingerprint density at radius 2 is 2.15 bits per heavy atom. The third-order valence-corrected chi connectivity index (χ3v) is 4.64. The van der Waals surface area contributed by atoms with Gasteiger partial charge in [0, 0.05) is 25.4 Å². The zero-order valence-electron chi connectivity index (χ0n) is 14.8. The fraction of sp³-hybridized carbons (Fsp3) is 0.263. The smallest absolute Gasteiger partial charge is 0.255 e. The molecular weight excluding hydrogens is 346 g/mol. The van der Waals surface area contributed by atoms with Crippen molar-refractivity contribution in [3.8, 4) is 0 Å². The molecule has 8 heteroatoms. The first-order chi connectivity index (χ1) is 13.1. The molecule has 4 heterocycles. The van der Waals surface area contributed by atoms with Crippen molar-refractivity contribution in [2.24, 2.45) is 0 Å². The maximum Gasteiger partial charge on any atom is 0.255 e. The molecule has 0 aromatic carbocycles. The van der Waals surface area contributed by atoms with Gasteiger partial charge >= 0.3 is 0 Å². The predicted octanol–water partition coefficient (Wildman–Crippen LogP) is 1.46. The topological polar surface area (TPSA) is 102 Å². The summed E-state index contributed by atoms with van der Waals surface area (Å²) in [5, 5.41) is 10.1. The molecule has 1 aliphatic rings. The highest BCUT2D eigenvalue weighted by molar-refractivity contribution is 5.96. The molecule has 0 unspecified atom stereocenters. The largest absolute Gasteiger partial charge is 0.469 e. The van der Waals surface area contributed by atoms with E-state index >= 15 is 0 Å². The number of rotatable bonds is 5. The SMILES string of the molecule is Cc1occc1C(=O)N[C@H]1Cc2c(C(=O)NCc3cccnc3)cnn2C1. The molecular formula is C19H19N5O3. The van der Waals surface area contributed by atoms with Crippen LogP contribution < -0.4 is 10.6 Å². The van der Waals surface area contributed by atoms with Gasteiger partial charge in [0.05, 0.1) is 41.9 Å². The van der Waals surface area contributed by atoms with E-state index in [0.29, 0.717) is 36.4 Å². The summed E-state index contributed by atoms with van der Waals surface area (Å²) in [6, 6.07) is 5.27. The predicted molar refractivity (Wildman–Crippen MR) is 96.0 cm³/mol. The monoisotopic (exact) mass is 365 g/mol. The number of aryl methyl sites for hydroxylation is 1. The molecule has 2 amide bonds. The average molecular weight is 365 g/mol. The number of furan rings is 1. The fourth-order valence-electron chi connectivity index (χ4n) is 3.24. The number of amides is 2. The Labute approximate surface area is 155 Å². The normalized spacial score (nSPS) is 15.4. The number of pyridine rings is 1. The second-order valence-electron chi connectivity index (χ2n) is 6.50. The summed E-state index contributed by atoms with van der Waals surface area (Å²) in [4.78, 5) is 28.9. The molecule has 8 nitrogen and oxygen atoms in total. The van der Waals surface area contributed by atoms with Crippen molar-refractivity contribution < 1.29 is 14.0 Å². The Hall–Kier alpha value is -3.42. The minimum Gasteiger partial charge on any atom is -0.469 e. The zero-order valence-corrected chi connectivity index (χ0v) is 14.8. The van der Waals surface area contributed by atoms with Gasteiger partial charge in [-0.2, -0.15) is 5.10 Å². The van der Waals surface area contributed by atoms with Gasteiger partial charge in [-0.3, -0.25) is 19.3 Å². The third kappa shape index (κ3) is 3.46. The Bertz CT molecular complexity index is 976. The first-order valence-electron chi connectivity index (χ1n) is 8.68. The molecule has 1 atom stereocenters. The van der Waals surface area contributed by atoms with Gasteiger partial charge in [0.25, 0.3) is 11.8 Å². The van der Waals surface area contributed by atoms with E-state index < -0.39 is 0 Å². The number of nitrogens with one attached hydrogen (secondary N) is 2. The van der Waals surface area contributed by atoms with Crippen LogP contribution in [0.3, 0.4) is 0 Å². The number of carbonyl (C=O) groups is 2. The first-order valence-corrected chi connectivity index (χ1v) is 8.68. The van der Waals surface area contributed by atoms with Crippen LogP contribution in [0.2, 0.25) is 0 Å². The van der Waals surface area contributed by atoms with Gasteiger partial charge in [0.1, 0.15) is 5.76 Å². The quantitative estimate of drug-likeness (QED) is 0.713. The van der Waals surface area contributed by atoms with Crippen molar-refractivity contribution in [2.75, 3.05) is 0 Å². The van der Waals surface area contributed by atoms with Gasteiger partial charge in [-0.25, -0.2) is 0 Å². The molecule has 0 bridgehead atoms. The lowest BCUT2D eigenvalue weighted by Crippen LogP contribution is -2.36. The molecule has 0 saturated heterocycles. The maximum atomic E-state index is 12.5. The van der Waals surface area contributed by atoms with Crippen LogP contribution in [-0.4, -0.2) is 32.6 Å². The first kappa shape index (κ1) is 17.0. The van der Waals surface area contributed by atoms with Crippen LogP contribution in [0.4, 0.5) is 0 Å². The Morgan fingerprint density at radius 1 is 1.26 bits per heavy atom. The number of aromatic nitrogens is 3. The summed E-state index contributed by atoms with van der Waals surface area (Å²) < 4.78 is 6.95. The van der Waals surface area contributed by atoms with E-state index in [2.05, 4.69) is 20.7 Å². The molecule has 2 N–H and O–H groups in total. The van der Waals surface area contributed by atoms with E-state index in [0.717, 1.165) is 11.3 Å². The Balaban J connectivity index is 1.39. The summed E-state index contributed by atoms with van der Waals surface area (Å²) in [7, 11) is 0. The van der Waals surface area contributed by atoms with Crippen molar-refractivity contribution in [1.82, 2.24) is 25.4 Å². The molecule has 1 aliphatic heterocycles. The van der Waals surface area contributed by atoms with Gasteiger partial charge in [0.15, 0.2) is 0 Å². The van der Waals surface area contributed by atoms with E-state index in [1.807, 2.05) is 12.1 Å². The molecule has 0 fully saturated rings. The van der Waals surface area contributed by atoms with E-state index in [1.54, 1.807) is 36.3 Å². The van der Waals surface area contributed by atoms with Crippen molar-refractivity contribution in [2.45, 2.75) is 32.5 Å². The van der Waals surface area contributed by atoms with Gasteiger partial charge in [0.2, 0.25) is 0 Å². The van der Waals surface area contributed by atoms with Crippen LogP contribution >= 0.6 is 0 Å². The molecule has 0 aliphatic carbocycles. The number of carbonyl (C=O) groups excluding carboxylic acids is 2. The van der Waals surface area contributed by atoms with Crippen LogP contribution in [0.15, 0.2) is 47.5 Å². The summed E-state index contributed by atoms with van der Waals surface area (Å²) >= 11 is 0. The standard InChI is InChI=1S/C19H19N5O3/c1-12-15(4-6-27-12)19(26)23-14-7-17-16(10-22-24(17)11-14)18(25)21-9-13-3-2-5-20-8-13/h2-6,8,10,14H,7,9,11H2,1H3,(H,21,25)(H,23,26)/t14-/m0/s1. The van der Waals surface area contributed by atoms with Crippen molar-refractivity contribution in [3.63, 3.8) is 0 Å². The van der Waals surface area contributed by atoms with E-state index in [9.17, 15) is 9.59 Å². The number of nitrogens with zero attached hydrogens (tertiary/aromatic N) is 3. The second kappa shape index (κ2) is 7.06. The van der Waals surface area contributed by atoms with Crippen LogP contribution in [-0.2, 0) is 19.5 Å². The Morgan fingerprint density at radius 3 is 2.89 bits per heavy atom. The van der Waals surface area contributed by atoms with Gasteiger partial charge in [-0.15, -0.1) is 0 Å². The summed E-state index contributed by atoms with van der Waals surface area (Å²) in [6.07, 6.45) is 7.03. The molecule has 0 saturated carbocycles. The molecule has 27 heavy (non-hydrogen) atoms. The highest BCUT2D eigenvalue weighted by Gasteiger charge is 2.29. The number of fused-ring (bicyclic) bond motifs is 1. The lowest BCUT2D eigenvalue weighted by molar-refractivity contribution is 0.0933. The lowest BCUT2D eigenvalue weighted by Gasteiger charge is -2.11. The lowest BCUT2D eigenvalue weighted by atomic mass is 10.1. The van der Waals surface area contributed by atoms with Crippen molar-refractivity contribution >= 4 is 11.8 Å². The molecule has 3 aromatic heterocycles. The highest BCUT2D eigenvalue weighted by atomic mass is 16.3. The average Bonchev–Trinajstić information content (AvgIpc) is 3.36. The van der Waals surface area contributed by atoms with Crippen LogP contribution in [0, 0.1) is 6.92 Å². The van der Waals surface area contributed by atoms with Crippen molar-refractivity contribution in [3.05, 3.63) is 71.2 Å². The second-order valence-corrected chi connectivity index (χ2v) is 6.50. The third-order valence-electron chi connectivity index (χ3n) is 4.64. The van der Waals surface area contributed by atoms with Gasteiger partial charge < -0.3 is 15.1 Å². The zero-order chi connectivity index (χ0) is 18.8. The van der Waals surface area contributed by atoms with Crippen LogP contribution in [0.1, 0.15) is 37.7 Å². The molecule has 138 valence electrons. The highest BCUT2D eigenvalue weighted by Crippen LogP contribution is 2.20. The molecule has 3 aromatic rings.